The fourth-order valence-electron chi connectivity index (χ4n) is 1.84. The summed E-state index contributed by atoms with van der Waals surface area (Å²) < 4.78 is 4.84. The second kappa shape index (κ2) is 6.20. The maximum Gasteiger partial charge on any atom is 0.371 e. The van der Waals surface area contributed by atoms with Crippen molar-refractivity contribution in [2.45, 2.75) is 0 Å². The molecule has 0 unspecified atom stereocenters. The number of nitrogens with zero attached hydrogens (tertiary/aromatic N) is 1. The molecule has 3 N–H and O–H groups in total. The van der Waals surface area contributed by atoms with E-state index >= 15 is 0 Å². The lowest BCUT2D eigenvalue weighted by molar-refractivity contribution is -0.130. The Balaban J connectivity index is 1.84. The molecule has 0 bridgehead atoms. The van der Waals surface area contributed by atoms with Crippen LogP contribution in [0.5, 0.6) is 0 Å². The average molecular weight is 281 g/mol. The topological polar surface area (TPSA) is 112 Å². The van der Waals surface area contributed by atoms with Crippen LogP contribution in [-0.4, -0.2) is 60.5 Å². The molecule has 20 heavy (non-hydrogen) atoms. The van der Waals surface area contributed by atoms with E-state index in [1.54, 1.807) is 4.90 Å². The van der Waals surface area contributed by atoms with Crippen molar-refractivity contribution < 1.29 is 23.9 Å². The van der Waals surface area contributed by atoms with Gasteiger partial charge in [0.15, 0.2) is 5.76 Å². The number of carboxylic acid groups (broad SMARTS) is 1. The van der Waals surface area contributed by atoms with Crippen molar-refractivity contribution in [2.75, 3.05) is 32.7 Å². The number of carbonyl (C=O) groups is 3. The number of amides is 2. The molecule has 0 atom stereocenters. The largest absolute Gasteiger partial charge is 0.475 e. The van der Waals surface area contributed by atoms with Crippen LogP contribution in [0.15, 0.2) is 16.5 Å². The Morgan fingerprint density at radius 3 is 2.50 bits per heavy atom. The van der Waals surface area contributed by atoms with Crippen molar-refractivity contribution in [3.8, 4) is 0 Å². The summed E-state index contributed by atoms with van der Waals surface area (Å²) in [6.07, 6.45) is 0. The van der Waals surface area contributed by atoms with Crippen LogP contribution < -0.4 is 10.6 Å². The summed E-state index contributed by atoms with van der Waals surface area (Å²) in [5.41, 5.74) is 0. The lowest BCUT2D eigenvalue weighted by Crippen LogP contribution is -2.49. The van der Waals surface area contributed by atoms with Gasteiger partial charge in [0.05, 0.1) is 6.54 Å². The maximum atomic E-state index is 11.8. The third kappa shape index (κ3) is 3.35. The minimum Gasteiger partial charge on any atom is -0.475 e. The molecule has 108 valence electrons. The number of rotatable bonds is 4. The van der Waals surface area contributed by atoms with Gasteiger partial charge in [-0.1, -0.05) is 0 Å². The van der Waals surface area contributed by atoms with E-state index in [1.807, 2.05) is 0 Å². The highest BCUT2D eigenvalue weighted by molar-refractivity contribution is 5.95. The summed E-state index contributed by atoms with van der Waals surface area (Å²) in [5.74, 6) is -2.48. The zero-order valence-corrected chi connectivity index (χ0v) is 10.7. The minimum absolute atomic E-state index is 0.129. The lowest BCUT2D eigenvalue weighted by atomic mass is 10.3. The predicted octanol–water partition coefficient (Wildman–Crippen LogP) is -0.861. The Kier molecular flexibility index (Phi) is 4.36. The van der Waals surface area contributed by atoms with E-state index in [0.717, 1.165) is 13.1 Å². The zero-order valence-electron chi connectivity index (χ0n) is 10.7. The molecule has 1 aromatic rings. The standard InChI is InChI=1S/C12H15N3O5/c16-10(15-5-3-13-4-6-15)7-14-11(17)8-1-2-9(20-8)12(18)19/h1-2,13H,3-7H2,(H,14,17)(H,18,19). The second-order valence-corrected chi connectivity index (χ2v) is 4.28. The highest BCUT2D eigenvalue weighted by atomic mass is 16.4. The van der Waals surface area contributed by atoms with E-state index in [9.17, 15) is 14.4 Å². The third-order valence-electron chi connectivity index (χ3n) is 2.91. The van der Waals surface area contributed by atoms with E-state index < -0.39 is 11.9 Å². The molecule has 0 radical (unpaired) electrons. The van der Waals surface area contributed by atoms with E-state index in [4.69, 9.17) is 9.52 Å². The van der Waals surface area contributed by atoms with Crippen molar-refractivity contribution in [3.05, 3.63) is 23.7 Å². The van der Waals surface area contributed by atoms with E-state index in [-0.39, 0.29) is 24.0 Å². The van der Waals surface area contributed by atoms with Gasteiger partial charge in [0.1, 0.15) is 0 Å². The molecule has 1 aliphatic heterocycles. The van der Waals surface area contributed by atoms with Crippen molar-refractivity contribution in [1.29, 1.82) is 0 Å². The molecule has 1 saturated heterocycles. The van der Waals surface area contributed by atoms with E-state index in [1.165, 1.54) is 12.1 Å². The molecule has 0 aromatic carbocycles. The Labute approximate surface area is 114 Å². The van der Waals surface area contributed by atoms with Gasteiger partial charge in [0, 0.05) is 26.2 Å². The Morgan fingerprint density at radius 2 is 1.90 bits per heavy atom. The smallest absolute Gasteiger partial charge is 0.371 e. The average Bonchev–Trinajstić information content (AvgIpc) is 2.95. The SMILES string of the molecule is O=C(O)c1ccc(C(=O)NCC(=O)N2CCNCC2)o1. The van der Waals surface area contributed by atoms with Crippen LogP contribution in [0, 0.1) is 0 Å². The molecule has 8 heteroatoms. The number of hydrogen-bond donors (Lipinski definition) is 3. The molecule has 1 aliphatic rings. The minimum atomic E-state index is -1.25. The van der Waals surface area contributed by atoms with Crippen LogP contribution in [0.3, 0.4) is 0 Å². The Bertz CT molecular complexity index is 519. The highest BCUT2D eigenvalue weighted by Gasteiger charge is 2.19. The van der Waals surface area contributed by atoms with Gasteiger partial charge >= 0.3 is 5.97 Å². The maximum absolute atomic E-state index is 11.8. The number of hydrogen-bond acceptors (Lipinski definition) is 5. The quantitative estimate of drug-likeness (QED) is 0.662. The normalized spacial score (nSPS) is 14.9. The molecule has 0 aliphatic carbocycles. The van der Waals surface area contributed by atoms with Crippen LogP contribution in [0.25, 0.3) is 0 Å². The molecule has 1 aromatic heterocycles. The summed E-state index contributed by atoms with van der Waals surface area (Å²) in [4.78, 5) is 35.8. The van der Waals surface area contributed by atoms with Gasteiger partial charge in [-0.2, -0.15) is 0 Å². The third-order valence-corrected chi connectivity index (χ3v) is 2.91. The Morgan fingerprint density at radius 1 is 1.25 bits per heavy atom. The van der Waals surface area contributed by atoms with Crippen molar-refractivity contribution >= 4 is 17.8 Å². The molecular weight excluding hydrogens is 266 g/mol. The summed E-state index contributed by atoms with van der Waals surface area (Å²) in [5, 5.41) is 14.2. The molecule has 2 rings (SSSR count). The van der Waals surface area contributed by atoms with Gasteiger partial charge in [0.2, 0.25) is 11.7 Å². The van der Waals surface area contributed by atoms with Crippen LogP contribution in [0.1, 0.15) is 21.1 Å². The van der Waals surface area contributed by atoms with Gasteiger partial charge in [-0.25, -0.2) is 4.79 Å². The van der Waals surface area contributed by atoms with Crippen molar-refractivity contribution in [1.82, 2.24) is 15.5 Å². The van der Waals surface area contributed by atoms with Gasteiger partial charge in [0.25, 0.3) is 5.91 Å². The zero-order chi connectivity index (χ0) is 14.5. The molecule has 8 nitrogen and oxygen atoms in total. The number of aromatic carboxylic acids is 1. The first kappa shape index (κ1) is 14.1. The van der Waals surface area contributed by atoms with Crippen LogP contribution in [-0.2, 0) is 4.79 Å². The summed E-state index contributed by atoms with van der Waals surface area (Å²) in [6, 6.07) is 2.45. The fourth-order valence-corrected chi connectivity index (χ4v) is 1.84. The van der Waals surface area contributed by atoms with Gasteiger partial charge < -0.3 is 25.1 Å². The number of piperazine rings is 1. The number of carboxylic acids is 1. The first-order chi connectivity index (χ1) is 9.58. The monoisotopic (exact) mass is 281 g/mol. The molecule has 1 fully saturated rings. The number of nitrogens with one attached hydrogen (secondary N) is 2. The summed E-state index contributed by atoms with van der Waals surface area (Å²) >= 11 is 0. The molecule has 2 heterocycles. The highest BCUT2D eigenvalue weighted by Crippen LogP contribution is 2.07. The lowest BCUT2D eigenvalue weighted by Gasteiger charge is -2.27. The summed E-state index contributed by atoms with van der Waals surface area (Å²) in [7, 11) is 0. The molecule has 0 saturated carbocycles. The fraction of sp³-hybridized carbons (Fsp3) is 0.417. The van der Waals surface area contributed by atoms with Gasteiger partial charge in [-0.3, -0.25) is 9.59 Å². The number of carbonyl (C=O) groups excluding carboxylic acids is 2. The first-order valence-electron chi connectivity index (χ1n) is 6.18. The van der Waals surface area contributed by atoms with Crippen molar-refractivity contribution in [2.24, 2.45) is 0 Å². The van der Waals surface area contributed by atoms with Gasteiger partial charge in [-0.15, -0.1) is 0 Å². The first-order valence-corrected chi connectivity index (χ1v) is 6.18. The van der Waals surface area contributed by atoms with E-state index in [2.05, 4.69) is 10.6 Å². The van der Waals surface area contributed by atoms with E-state index in [0.29, 0.717) is 13.1 Å². The Hall–Kier alpha value is -2.35. The predicted molar refractivity (Wildman–Crippen MR) is 67.5 cm³/mol. The van der Waals surface area contributed by atoms with Crippen LogP contribution in [0.4, 0.5) is 0 Å². The van der Waals surface area contributed by atoms with Crippen molar-refractivity contribution in [3.63, 3.8) is 0 Å². The number of furan rings is 1. The summed E-state index contributed by atoms with van der Waals surface area (Å²) in [6.45, 7) is 2.55. The molecular formula is C12H15N3O5. The molecule has 2 amide bonds. The van der Waals surface area contributed by atoms with Gasteiger partial charge in [-0.05, 0) is 12.1 Å². The van der Waals surface area contributed by atoms with Crippen LogP contribution in [0.2, 0.25) is 0 Å². The second-order valence-electron chi connectivity index (χ2n) is 4.28. The molecule has 0 spiro atoms. The van der Waals surface area contributed by atoms with Crippen LogP contribution >= 0.6 is 0 Å².